The van der Waals surface area contributed by atoms with Crippen molar-refractivity contribution in [2.45, 2.75) is 44.6 Å². The molecule has 0 bridgehead atoms. The Bertz CT molecular complexity index is 1220. The van der Waals surface area contributed by atoms with Crippen molar-refractivity contribution in [1.29, 1.82) is 0 Å². The van der Waals surface area contributed by atoms with Crippen LogP contribution in [0.15, 0.2) is 41.4 Å². The lowest BCUT2D eigenvalue weighted by atomic mass is 10.1. The molecule has 33 heavy (non-hydrogen) atoms. The Morgan fingerprint density at radius 2 is 1.88 bits per heavy atom. The first-order valence-corrected chi connectivity index (χ1v) is 12.3. The summed E-state index contributed by atoms with van der Waals surface area (Å²) >= 11 is 0. The molecule has 1 aromatic carbocycles. The van der Waals surface area contributed by atoms with E-state index in [0.717, 1.165) is 28.1 Å². The maximum Gasteiger partial charge on any atom is 0.406 e. The maximum atomic E-state index is 12.9. The zero-order valence-corrected chi connectivity index (χ0v) is 20.4. The fraction of sp³-hybridized carbons (Fsp3) is 0.435. The van der Waals surface area contributed by atoms with Gasteiger partial charge in [-0.05, 0) is 43.0 Å². The average molecular weight is 474 g/mol. The second kappa shape index (κ2) is 10.3. The van der Waals surface area contributed by atoms with Crippen LogP contribution in [0.3, 0.4) is 0 Å². The first-order chi connectivity index (χ1) is 15.6. The van der Waals surface area contributed by atoms with E-state index in [0.29, 0.717) is 12.8 Å². The van der Waals surface area contributed by atoms with Gasteiger partial charge in [0.25, 0.3) is 0 Å². The van der Waals surface area contributed by atoms with E-state index in [-0.39, 0.29) is 17.4 Å². The molecule has 2 heterocycles. The van der Waals surface area contributed by atoms with Crippen LogP contribution in [0, 0.1) is 12.8 Å². The van der Waals surface area contributed by atoms with Gasteiger partial charge in [0.15, 0.2) is 0 Å². The zero-order chi connectivity index (χ0) is 24.2. The van der Waals surface area contributed by atoms with E-state index in [1.807, 2.05) is 38.5 Å². The van der Waals surface area contributed by atoms with Crippen molar-refractivity contribution in [2.24, 2.45) is 13.0 Å². The molecule has 3 aromatic rings. The van der Waals surface area contributed by atoms with Crippen LogP contribution in [0.5, 0.6) is 0 Å². The molecule has 1 amide bonds. The van der Waals surface area contributed by atoms with Crippen LogP contribution in [-0.4, -0.2) is 48.7 Å². The van der Waals surface area contributed by atoms with Crippen LogP contribution in [0.4, 0.5) is 4.79 Å². The fourth-order valence-corrected chi connectivity index (χ4v) is 4.89. The molecule has 3 rings (SSSR count). The molecule has 0 aliphatic heterocycles. The number of hydrogen-bond donors (Lipinski definition) is 2. The number of aryl methyl sites for hydroxylation is 2. The molecule has 0 radical (unpaired) electrons. The van der Waals surface area contributed by atoms with Crippen molar-refractivity contribution in [2.75, 3.05) is 13.7 Å². The summed E-state index contributed by atoms with van der Waals surface area (Å²) in [5.74, 6) is 1.13. The van der Waals surface area contributed by atoms with Gasteiger partial charge in [0.05, 0.1) is 22.1 Å². The smallest absolute Gasteiger partial charge is 0.406 e. The number of nitrogens with zero attached hydrogens (tertiary/aromatic N) is 3. The van der Waals surface area contributed by atoms with Crippen LogP contribution in [-0.2, 0) is 28.2 Å². The number of ether oxygens (including phenoxy) is 1. The van der Waals surface area contributed by atoms with Crippen molar-refractivity contribution >= 4 is 27.1 Å². The predicted octanol–water partition coefficient (Wildman–Crippen LogP) is 2.92. The second-order valence-electron chi connectivity index (χ2n) is 8.46. The molecular weight excluding hydrogens is 442 g/mol. The molecule has 0 aliphatic rings. The summed E-state index contributed by atoms with van der Waals surface area (Å²) in [4.78, 5) is 20.7. The minimum Gasteiger partial charge on any atom is -0.448 e. The van der Waals surface area contributed by atoms with E-state index >= 15 is 0 Å². The molecule has 0 fully saturated rings. The number of rotatable bonds is 9. The topological polar surface area (TPSA) is 115 Å². The highest BCUT2D eigenvalue weighted by Gasteiger charge is 2.22. The molecular formula is C23H31N5O4S. The van der Waals surface area contributed by atoms with Gasteiger partial charge in [-0.2, -0.15) is 0 Å². The predicted molar refractivity (Wildman–Crippen MR) is 126 cm³/mol. The Morgan fingerprint density at radius 3 is 2.52 bits per heavy atom. The number of fused-ring (bicyclic) bond motifs is 1. The van der Waals surface area contributed by atoms with Crippen molar-refractivity contribution in [3.8, 4) is 0 Å². The lowest BCUT2D eigenvalue weighted by Gasteiger charge is -2.20. The van der Waals surface area contributed by atoms with E-state index in [1.54, 1.807) is 30.5 Å². The summed E-state index contributed by atoms with van der Waals surface area (Å²) in [6, 6.07) is 8.12. The van der Waals surface area contributed by atoms with Gasteiger partial charge >= 0.3 is 6.09 Å². The Labute approximate surface area is 194 Å². The Balaban J connectivity index is 1.75. The summed E-state index contributed by atoms with van der Waals surface area (Å²) in [6.07, 6.45) is 2.24. The molecule has 9 nitrogen and oxygen atoms in total. The number of aromatic nitrogens is 3. The van der Waals surface area contributed by atoms with E-state index in [4.69, 9.17) is 4.74 Å². The van der Waals surface area contributed by atoms with Crippen molar-refractivity contribution in [1.82, 2.24) is 24.6 Å². The van der Waals surface area contributed by atoms with E-state index in [9.17, 15) is 13.2 Å². The first-order valence-electron chi connectivity index (χ1n) is 10.8. The number of nitrogens with one attached hydrogen (secondary N) is 2. The number of alkyl carbamates (subject to hydrolysis) is 1. The third-order valence-electron chi connectivity index (χ3n) is 5.40. The molecule has 0 spiro atoms. The zero-order valence-electron chi connectivity index (χ0n) is 19.6. The first kappa shape index (κ1) is 24.7. The number of carbonyl (C=O) groups is 1. The molecule has 10 heteroatoms. The number of sulfonamides is 1. The van der Waals surface area contributed by atoms with E-state index in [1.165, 1.54) is 7.05 Å². The third kappa shape index (κ3) is 6.08. The van der Waals surface area contributed by atoms with Gasteiger partial charge in [0.1, 0.15) is 17.9 Å². The minimum atomic E-state index is -3.78. The molecule has 0 unspecified atom stereocenters. The standard InChI is InChI=1S/C23H31N5O4S/c1-15(2)12-18(14-32-23(29)24-4)27-33(30,31)19-8-6-17(7-9-19)13-20-22-21(10-11-25-20)28(5)16(3)26-22/h6-11,15,18,27H,12-14H2,1-5H3,(H,24,29)/t18-/m0/s1. The summed E-state index contributed by atoms with van der Waals surface area (Å²) in [5.41, 5.74) is 3.63. The van der Waals surface area contributed by atoms with Crippen molar-refractivity contribution in [3.05, 3.63) is 53.6 Å². The SMILES string of the molecule is CNC(=O)OC[C@H](CC(C)C)NS(=O)(=O)c1ccc(Cc2nccc3c2nc(C)n3C)cc1. The lowest BCUT2D eigenvalue weighted by molar-refractivity contribution is 0.135. The van der Waals surface area contributed by atoms with Crippen LogP contribution in [0.2, 0.25) is 0 Å². The van der Waals surface area contributed by atoms with E-state index < -0.39 is 22.2 Å². The van der Waals surface area contributed by atoms with Gasteiger partial charge in [-0.3, -0.25) is 4.98 Å². The maximum absolute atomic E-state index is 12.9. The fourth-order valence-electron chi connectivity index (χ4n) is 3.65. The largest absolute Gasteiger partial charge is 0.448 e. The number of hydrogen-bond acceptors (Lipinski definition) is 6. The van der Waals surface area contributed by atoms with Gasteiger partial charge in [-0.25, -0.2) is 22.9 Å². The van der Waals surface area contributed by atoms with Gasteiger partial charge in [0.2, 0.25) is 10.0 Å². The molecule has 1 atom stereocenters. The molecule has 0 saturated carbocycles. The monoisotopic (exact) mass is 473 g/mol. The van der Waals surface area contributed by atoms with Crippen LogP contribution in [0.1, 0.15) is 37.4 Å². The normalized spacial score (nSPS) is 12.8. The highest BCUT2D eigenvalue weighted by molar-refractivity contribution is 7.89. The minimum absolute atomic E-state index is 0.0473. The van der Waals surface area contributed by atoms with Crippen molar-refractivity contribution < 1.29 is 17.9 Å². The molecule has 0 aliphatic carbocycles. The number of imidazole rings is 1. The number of benzene rings is 1. The third-order valence-corrected chi connectivity index (χ3v) is 6.94. The summed E-state index contributed by atoms with van der Waals surface area (Å²) in [5, 5.41) is 2.36. The van der Waals surface area contributed by atoms with Gasteiger partial charge in [-0.1, -0.05) is 26.0 Å². The average Bonchev–Trinajstić information content (AvgIpc) is 3.06. The Kier molecular flexibility index (Phi) is 7.70. The highest BCUT2D eigenvalue weighted by atomic mass is 32.2. The van der Waals surface area contributed by atoms with Gasteiger partial charge in [0, 0.05) is 26.7 Å². The van der Waals surface area contributed by atoms with E-state index in [2.05, 4.69) is 20.0 Å². The van der Waals surface area contributed by atoms with Gasteiger partial charge < -0.3 is 14.6 Å². The summed E-state index contributed by atoms with van der Waals surface area (Å²) in [7, 11) is -0.359. The quantitative estimate of drug-likeness (QED) is 0.494. The molecule has 2 aromatic heterocycles. The molecule has 0 saturated heterocycles. The summed E-state index contributed by atoms with van der Waals surface area (Å²) < 4.78 is 35.6. The Hall–Kier alpha value is -2.98. The Morgan fingerprint density at radius 1 is 1.18 bits per heavy atom. The number of amides is 1. The highest BCUT2D eigenvalue weighted by Crippen LogP contribution is 2.21. The number of pyridine rings is 1. The molecule has 2 N–H and O–H groups in total. The van der Waals surface area contributed by atoms with Crippen LogP contribution >= 0.6 is 0 Å². The molecule has 178 valence electrons. The van der Waals surface area contributed by atoms with Crippen LogP contribution in [0.25, 0.3) is 11.0 Å². The summed E-state index contributed by atoms with van der Waals surface area (Å²) in [6.45, 7) is 5.86. The van der Waals surface area contributed by atoms with Gasteiger partial charge in [-0.15, -0.1) is 0 Å². The van der Waals surface area contributed by atoms with Crippen molar-refractivity contribution in [3.63, 3.8) is 0 Å². The van der Waals surface area contributed by atoms with Crippen LogP contribution < -0.4 is 10.0 Å². The lowest BCUT2D eigenvalue weighted by Crippen LogP contribution is -2.40. The second-order valence-corrected chi connectivity index (χ2v) is 10.2. The number of carbonyl (C=O) groups excluding carboxylic acids is 1.